The summed E-state index contributed by atoms with van der Waals surface area (Å²) in [5.41, 5.74) is 1.86. The van der Waals surface area contributed by atoms with Gasteiger partial charge in [-0.1, -0.05) is 12.1 Å². The molecule has 0 saturated heterocycles. The van der Waals surface area contributed by atoms with Crippen LogP contribution in [0.3, 0.4) is 0 Å². The van der Waals surface area contributed by atoms with Crippen molar-refractivity contribution in [2.75, 3.05) is 25.5 Å². The topological polar surface area (TPSA) is 89.4 Å². The Kier molecular flexibility index (Phi) is 6.01. The number of methoxy groups -OCH3 is 1. The standard InChI is InChI=1S/C20H21N5O3/c1-3-24(12-19(26)23-17-6-4-5-7-18(17)28-2)20(27)15-8-10-16(11-9-15)25-14-21-13-22-25/h4-11,13-14H,3,12H2,1-2H3,(H,23,26). The Morgan fingerprint density at radius 2 is 1.89 bits per heavy atom. The summed E-state index contributed by atoms with van der Waals surface area (Å²) in [6.45, 7) is 2.18. The number of carbonyl (C=O) groups excluding carboxylic acids is 2. The molecule has 8 heteroatoms. The number of nitrogens with zero attached hydrogens (tertiary/aromatic N) is 4. The summed E-state index contributed by atoms with van der Waals surface area (Å²) in [5.74, 6) is 0.0516. The Balaban J connectivity index is 1.67. The third-order valence-electron chi connectivity index (χ3n) is 4.18. The van der Waals surface area contributed by atoms with Crippen LogP contribution in [-0.2, 0) is 4.79 Å². The second-order valence-corrected chi connectivity index (χ2v) is 5.95. The summed E-state index contributed by atoms with van der Waals surface area (Å²) >= 11 is 0. The third kappa shape index (κ3) is 4.35. The van der Waals surface area contributed by atoms with Gasteiger partial charge in [-0.2, -0.15) is 5.10 Å². The third-order valence-corrected chi connectivity index (χ3v) is 4.18. The van der Waals surface area contributed by atoms with Gasteiger partial charge >= 0.3 is 0 Å². The fourth-order valence-corrected chi connectivity index (χ4v) is 2.72. The second-order valence-electron chi connectivity index (χ2n) is 5.95. The van der Waals surface area contributed by atoms with E-state index in [9.17, 15) is 9.59 Å². The monoisotopic (exact) mass is 379 g/mol. The lowest BCUT2D eigenvalue weighted by molar-refractivity contribution is -0.116. The van der Waals surface area contributed by atoms with E-state index >= 15 is 0 Å². The van der Waals surface area contributed by atoms with Gasteiger partial charge in [0.15, 0.2) is 0 Å². The van der Waals surface area contributed by atoms with Crippen LogP contribution in [0.1, 0.15) is 17.3 Å². The van der Waals surface area contributed by atoms with E-state index in [0.717, 1.165) is 5.69 Å². The number of anilines is 1. The van der Waals surface area contributed by atoms with E-state index in [1.54, 1.807) is 53.5 Å². The Morgan fingerprint density at radius 3 is 2.54 bits per heavy atom. The minimum Gasteiger partial charge on any atom is -0.495 e. The van der Waals surface area contributed by atoms with Crippen LogP contribution in [-0.4, -0.2) is 51.7 Å². The molecule has 1 aromatic heterocycles. The number of carbonyl (C=O) groups is 2. The highest BCUT2D eigenvalue weighted by Crippen LogP contribution is 2.23. The molecule has 144 valence electrons. The molecule has 0 unspecified atom stereocenters. The number of nitrogens with one attached hydrogen (secondary N) is 1. The zero-order valence-corrected chi connectivity index (χ0v) is 15.7. The van der Waals surface area contributed by atoms with Gasteiger partial charge in [-0.15, -0.1) is 0 Å². The van der Waals surface area contributed by atoms with Crippen LogP contribution in [0.5, 0.6) is 5.75 Å². The molecular weight excluding hydrogens is 358 g/mol. The summed E-state index contributed by atoms with van der Waals surface area (Å²) in [7, 11) is 1.54. The number of hydrogen-bond donors (Lipinski definition) is 1. The van der Waals surface area contributed by atoms with Gasteiger partial charge in [-0.3, -0.25) is 9.59 Å². The van der Waals surface area contributed by atoms with E-state index in [4.69, 9.17) is 4.74 Å². The molecular formula is C20H21N5O3. The number of rotatable bonds is 7. The van der Waals surface area contributed by atoms with E-state index < -0.39 is 0 Å². The van der Waals surface area contributed by atoms with E-state index in [1.165, 1.54) is 18.3 Å². The average molecular weight is 379 g/mol. The van der Waals surface area contributed by atoms with Crippen molar-refractivity contribution >= 4 is 17.5 Å². The molecule has 3 rings (SSSR count). The first-order chi connectivity index (χ1) is 13.6. The van der Waals surface area contributed by atoms with Crippen LogP contribution in [0.4, 0.5) is 5.69 Å². The van der Waals surface area contributed by atoms with E-state index in [-0.39, 0.29) is 18.4 Å². The molecule has 3 aromatic rings. The maximum atomic E-state index is 12.8. The van der Waals surface area contributed by atoms with Crippen molar-refractivity contribution in [3.05, 3.63) is 66.7 Å². The number of benzene rings is 2. The Bertz CT molecular complexity index is 939. The maximum absolute atomic E-state index is 12.8. The lowest BCUT2D eigenvalue weighted by atomic mass is 10.1. The van der Waals surface area contributed by atoms with Crippen LogP contribution >= 0.6 is 0 Å². The first-order valence-corrected chi connectivity index (χ1v) is 8.79. The fraction of sp³-hybridized carbons (Fsp3) is 0.200. The zero-order chi connectivity index (χ0) is 19.9. The van der Waals surface area contributed by atoms with Crippen molar-refractivity contribution < 1.29 is 14.3 Å². The molecule has 2 aromatic carbocycles. The van der Waals surface area contributed by atoms with Gasteiger partial charge in [-0.05, 0) is 43.3 Å². The molecule has 0 bridgehead atoms. The largest absolute Gasteiger partial charge is 0.495 e. The molecule has 0 saturated carbocycles. The summed E-state index contributed by atoms with van der Waals surface area (Å²) < 4.78 is 6.83. The summed E-state index contributed by atoms with van der Waals surface area (Å²) in [6, 6.07) is 14.1. The van der Waals surface area contributed by atoms with Crippen LogP contribution < -0.4 is 10.1 Å². The number of likely N-dealkylation sites (N-methyl/N-ethyl adjacent to an activating group) is 1. The first kappa shape index (κ1) is 19.1. The van der Waals surface area contributed by atoms with Crippen molar-refractivity contribution in [1.82, 2.24) is 19.7 Å². The Morgan fingerprint density at radius 1 is 1.14 bits per heavy atom. The van der Waals surface area contributed by atoms with Gasteiger partial charge in [-0.25, -0.2) is 9.67 Å². The van der Waals surface area contributed by atoms with Crippen molar-refractivity contribution in [3.8, 4) is 11.4 Å². The zero-order valence-electron chi connectivity index (χ0n) is 15.7. The molecule has 0 aliphatic carbocycles. The predicted molar refractivity (Wildman–Crippen MR) is 105 cm³/mol. The molecule has 0 aliphatic rings. The second kappa shape index (κ2) is 8.81. The average Bonchev–Trinajstić information content (AvgIpc) is 3.27. The van der Waals surface area contributed by atoms with Gasteiger partial charge < -0.3 is 15.0 Å². The summed E-state index contributed by atoms with van der Waals surface area (Å²) in [4.78, 5) is 30.6. The number of ether oxygens (including phenoxy) is 1. The smallest absolute Gasteiger partial charge is 0.254 e. The first-order valence-electron chi connectivity index (χ1n) is 8.79. The van der Waals surface area contributed by atoms with Crippen LogP contribution in [0.2, 0.25) is 0 Å². The molecule has 0 atom stereocenters. The number of aromatic nitrogens is 3. The van der Waals surface area contributed by atoms with Crippen molar-refractivity contribution in [3.63, 3.8) is 0 Å². The highest BCUT2D eigenvalue weighted by atomic mass is 16.5. The SMILES string of the molecule is CCN(CC(=O)Nc1ccccc1OC)C(=O)c1ccc(-n2cncn2)cc1. The lowest BCUT2D eigenvalue weighted by Gasteiger charge is -2.21. The van der Waals surface area contributed by atoms with Gasteiger partial charge in [0.1, 0.15) is 24.9 Å². The maximum Gasteiger partial charge on any atom is 0.254 e. The molecule has 1 N–H and O–H groups in total. The Labute approximate surface area is 162 Å². The van der Waals surface area contributed by atoms with Crippen LogP contribution in [0.15, 0.2) is 61.2 Å². The van der Waals surface area contributed by atoms with Gasteiger partial charge in [0.2, 0.25) is 5.91 Å². The molecule has 28 heavy (non-hydrogen) atoms. The number of hydrogen-bond acceptors (Lipinski definition) is 5. The fourth-order valence-electron chi connectivity index (χ4n) is 2.72. The van der Waals surface area contributed by atoms with E-state index in [0.29, 0.717) is 23.5 Å². The van der Waals surface area contributed by atoms with Crippen LogP contribution in [0.25, 0.3) is 5.69 Å². The number of para-hydroxylation sites is 2. The minimum atomic E-state index is -0.293. The van der Waals surface area contributed by atoms with Crippen molar-refractivity contribution in [2.24, 2.45) is 0 Å². The molecule has 8 nitrogen and oxygen atoms in total. The van der Waals surface area contributed by atoms with E-state index in [2.05, 4.69) is 15.4 Å². The molecule has 2 amide bonds. The predicted octanol–water partition coefficient (Wildman–Crippen LogP) is 2.38. The van der Waals surface area contributed by atoms with Crippen LogP contribution in [0, 0.1) is 0 Å². The summed E-state index contributed by atoms with van der Waals surface area (Å²) in [6.07, 6.45) is 3.02. The highest BCUT2D eigenvalue weighted by Gasteiger charge is 2.18. The molecule has 0 spiro atoms. The Hall–Kier alpha value is -3.68. The van der Waals surface area contributed by atoms with E-state index in [1.807, 2.05) is 13.0 Å². The van der Waals surface area contributed by atoms with Gasteiger partial charge in [0.05, 0.1) is 18.5 Å². The normalized spacial score (nSPS) is 10.4. The van der Waals surface area contributed by atoms with Gasteiger partial charge in [0, 0.05) is 12.1 Å². The van der Waals surface area contributed by atoms with Crippen molar-refractivity contribution in [1.29, 1.82) is 0 Å². The lowest BCUT2D eigenvalue weighted by Crippen LogP contribution is -2.37. The summed E-state index contributed by atoms with van der Waals surface area (Å²) in [5, 5.41) is 6.84. The number of amides is 2. The highest BCUT2D eigenvalue weighted by molar-refractivity contribution is 5.99. The van der Waals surface area contributed by atoms with Crippen molar-refractivity contribution in [2.45, 2.75) is 6.92 Å². The van der Waals surface area contributed by atoms with Gasteiger partial charge in [0.25, 0.3) is 5.91 Å². The molecule has 1 heterocycles. The molecule has 0 radical (unpaired) electrons. The quantitative estimate of drug-likeness (QED) is 0.681. The molecule has 0 fully saturated rings. The molecule has 0 aliphatic heterocycles. The minimum absolute atomic E-state index is 0.0573.